The number of pyridine rings is 1. The molecular weight excluding hydrogens is 347 g/mol. The predicted octanol–water partition coefficient (Wildman–Crippen LogP) is 1.75. The van der Waals surface area contributed by atoms with E-state index in [0.717, 1.165) is 5.56 Å². The smallest absolute Gasteiger partial charge is 0.475 e. The maximum Gasteiger partial charge on any atom is 0.490 e. The van der Waals surface area contributed by atoms with Crippen molar-refractivity contribution in [3.63, 3.8) is 0 Å². The molecule has 0 aliphatic heterocycles. The Balaban J connectivity index is 0.000000381. The van der Waals surface area contributed by atoms with Crippen LogP contribution in [0.2, 0.25) is 0 Å². The van der Waals surface area contributed by atoms with E-state index < -0.39 is 12.1 Å². The minimum atomic E-state index is -5.08. The standard InChI is InChI=1S/C12H13N3O3.C2HF3O2/c1-17-6-5-14-12(16)10-7-11(18-15-10)9-3-2-4-13-8-9;3-2(4,5)1(6)7/h2-4,7-8H,5-6H2,1H3,(H,14,16);(H,6,7). The Bertz CT molecular complexity index is 689. The zero-order valence-corrected chi connectivity index (χ0v) is 12.9. The predicted molar refractivity (Wildman–Crippen MR) is 77.6 cm³/mol. The van der Waals surface area contributed by atoms with Gasteiger partial charge in [-0.05, 0) is 12.1 Å². The lowest BCUT2D eigenvalue weighted by Gasteiger charge is -2.00. The lowest BCUT2D eigenvalue weighted by molar-refractivity contribution is -0.192. The molecule has 0 saturated carbocycles. The summed E-state index contributed by atoms with van der Waals surface area (Å²) < 4.78 is 41.7. The van der Waals surface area contributed by atoms with E-state index >= 15 is 0 Å². The van der Waals surface area contributed by atoms with Crippen LogP contribution in [-0.2, 0) is 9.53 Å². The van der Waals surface area contributed by atoms with Crippen molar-refractivity contribution in [3.05, 3.63) is 36.3 Å². The fraction of sp³-hybridized carbons (Fsp3) is 0.286. The third-order valence-electron chi connectivity index (χ3n) is 2.52. The first-order chi connectivity index (χ1) is 11.8. The Kier molecular flexibility index (Phi) is 7.53. The Labute approximate surface area is 139 Å². The number of nitrogens with one attached hydrogen (secondary N) is 1. The first kappa shape index (κ1) is 20.1. The van der Waals surface area contributed by atoms with Gasteiger partial charge in [0.1, 0.15) is 0 Å². The summed E-state index contributed by atoms with van der Waals surface area (Å²) in [5.74, 6) is -2.53. The van der Waals surface area contributed by atoms with Crippen molar-refractivity contribution in [2.45, 2.75) is 6.18 Å². The third-order valence-corrected chi connectivity index (χ3v) is 2.52. The number of halogens is 3. The fourth-order valence-electron chi connectivity index (χ4n) is 1.38. The summed E-state index contributed by atoms with van der Waals surface area (Å²) in [6.45, 7) is 0.892. The molecule has 0 spiro atoms. The van der Waals surface area contributed by atoms with E-state index in [1.54, 1.807) is 31.6 Å². The number of carbonyl (C=O) groups is 2. The Morgan fingerprint density at radius 1 is 1.40 bits per heavy atom. The molecule has 2 rings (SSSR count). The molecule has 25 heavy (non-hydrogen) atoms. The summed E-state index contributed by atoms with van der Waals surface area (Å²) >= 11 is 0. The Hall–Kier alpha value is -2.95. The Morgan fingerprint density at radius 3 is 2.60 bits per heavy atom. The van der Waals surface area contributed by atoms with Crippen LogP contribution >= 0.6 is 0 Å². The van der Waals surface area contributed by atoms with Crippen LogP contribution in [0.4, 0.5) is 13.2 Å². The summed E-state index contributed by atoms with van der Waals surface area (Å²) in [5.41, 5.74) is 1.02. The van der Waals surface area contributed by atoms with Crippen LogP contribution in [0.3, 0.4) is 0 Å². The maximum absolute atomic E-state index is 11.7. The number of rotatable bonds is 5. The number of methoxy groups -OCH3 is 1. The quantitative estimate of drug-likeness (QED) is 0.780. The van der Waals surface area contributed by atoms with Crippen LogP contribution in [-0.4, -0.2) is 53.6 Å². The molecule has 11 heteroatoms. The molecule has 0 aliphatic carbocycles. The highest BCUT2D eigenvalue weighted by atomic mass is 19.4. The minimum absolute atomic E-state index is 0.241. The number of hydrogen-bond acceptors (Lipinski definition) is 6. The molecule has 1 amide bonds. The molecular formula is C14H14F3N3O5. The number of alkyl halides is 3. The number of nitrogens with zero attached hydrogens (tertiary/aromatic N) is 2. The van der Waals surface area contributed by atoms with Gasteiger partial charge in [-0.1, -0.05) is 5.16 Å². The molecule has 2 aromatic heterocycles. The molecule has 2 aromatic rings. The number of aliphatic carboxylic acids is 1. The van der Waals surface area contributed by atoms with Crippen molar-refractivity contribution in [1.29, 1.82) is 0 Å². The average molecular weight is 361 g/mol. The van der Waals surface area contributed by atoms with Gasteiger partial charge in [0.05, 0.1) is 6.61 Å². The Morgan fingerprint density at radius 2 is 2.08 bits per heavy atom. The molecule has 0 bridgehead atoms. The SMILES string of the molecule is COCCNC(=O)c1cc(-c2cccnc2)on1.O=C(O)C(F)(F)F. The van der Waals surface area contributed by atoms with Crippen molar-refractivity contribution in [2.75, 3.05) is 20.3 Å². The van der Waals surface area contributed by atoms with Gasteiger partial charge in [0, 0.05) is 37.7 Å². The topological polar surface area (TPSA) is 115 Å². The van der Waals surface area contributed by atoms with Crippen molar-refractivity contribution >= 4 is 11.9 Å². The number of hydrogen-bond donors (Lipinski definition) is 2. The number of carbonyl (C=O) groups excluding carboxylic acids is 1. The molecule has 2 heterocycles. The number of ether oxygens (including phenoxy) is 1. The van der Waals surface area contributed by atoms with Crippen molar-refractivity contribution in [1.82, 2.24) is 15.5 Å². The molecule has 136 valence electrons. The van der Waals surface area contributed by atoms with Crippen molar-refractivity contribution in [3.8, 4) is 11.3 Å². The number of carboxylic acid groups (broad SMARTS) is 1. The van der Waals surface area contributed by atoms with Gasteiger partial charge < -0.3 is 19.7 Å². The van der Waals surface area contributed by atoms with E-state index in [4.69, 9.17) is 19.2 Å². The van der Waals surface area contributed by atoms with Gasteiger partial charge in [0.2, 0.25) is 0 Å². The molecule has 0 aliphatic rings. The second-order valence-corrected chi connectivity index (χ2v) is 4.37. The van der Waals surface area contributed by atoms with Crippen LogP contribution in [0.15, 0.2) is 35.1 Å². The lowest BCUT2D eigenvalue weighted by Crippen LogP contribution is -2.27. The van der Waals surface area contributed by atoms with Crippen LogP contribution in [0, 0.1) is 0 Å². The van der Waals surface area contributed by atoms with E-state index in [9.17, 15) is 18.0 Å². The summed E-state index contributed by atoms with van der Waals surface area (Å²) in [7, 11) is 1.57. The van der Waals surface area contributed by atoms with Gasteiger partial charge in [-0.25, -0.2) is 4.79 Å². The summed E-state index contributed by atoms with van der Waals surface area (Å²) in [6, 6.07) is 5.20. The summed E-state index contributed by atoms with van der Waals surface area (Å²) in [5, 5.41) is 13.5. The third kappa shape index (κ3) is 6.99. The van der Waals surface area contributed by atoms with Crippen molar-refractivity contribution < 1.29 is 37.1 Å². The van der Waals surface area contributed by atoms with Gasteiger partial charge in [0.25, 0.3) is 5.91 Å². The normalized spacial score (nSPS) is 10.6. The first-order valence-electron chi connectivity index (χ1n) is 6.70. The monoisotopic (exact) mass is 361 g/mol. The number of aromatic nitrogens is 2. The summed E-state index contributed by atoms with van der Waals surface area (Å²) in [4.78, 5) is 24.5. The van der Waals surface area contributed by atoms with Crippen LogP contribution in [0.25, 0.3) is 11.3 Å². The van der Waals surface area contributed by atoms with Crippen LogP contribution in [0.1, 0.15) is 10.5 Å². The van der Waals surface area contributed by atoms with E-state index in [1.807, 2.05) is 6.07 Å². The van der Waals surface area contributed by atoms with E-state index in [2.05, 4.69) is 15.5 Å². The first-order valence-corrected chi connectivity index (χ1v) is 6.70. The highest BCUT2D eigenvalue weighted by molar-refractivity contribution is 5.93. The number of carboxylic acids is 1. The van der Waals surface area contributed by atoms with Gasteiger partial charge in [-0.15, -0.1) is 0 Å². The van der Waals surface area contributed by atoms with E-state index in [-0.39, 0.29) is 11.6 Å². The largest absolute Gasteiger partial charge is 0.490 e. The molecule has 0 atom stereocenters. The average Bonchev–Trinajstić information content (AvgIpc) is 3.05. The highest BCUT2D eigenvalue weighted by Gasteiger charge is 2.38. The zero-order valence-electron chi connectivity index (χ0n) is 12.9. The molecule has 0 aromatic carbocycles. The second kappa shape index (κ2) is 9.37. The summed E-state index contributed by atoms with van der Waals surface area (Å²) in [6.07, 6.45) is -1.77. The number of amides is 1. The molecule has 8 nitrogen and oxygen atoms in total. The molecule has 2 N–H and O–H groups in total. The minimum Gasteiger partial charge on any atom is -0.475 e. The van der Waals surface area contributed by atoms with E-state index in [1.165, 1.54) is 0 Å². The van der Waals surface area contributed by atoms with Gasteiger partial charge >= 0.3 is 12.1 Å². The second-order valence-electron chi connectivity index (χ2n) is 4.37. The fourth-order valence-corrected chi connectivity index (χ4v) is 1.38. The van der Waals surface area contributed by atoms with Crippen LogP contribution in [0.5, 0.6) is 0 Å². The zero-order chi connectivity index (χ0) is 18.9. The van der Waals surface area contributed by atoms with Gasteiger partial charge in [-0.3, -0.25) is 9.78 Å². The van der Waals surface area contributed by atoms with Gasteiger partial charge in [0.15, 0.2) is 11.5 Å². The lowest BCUT2D eigenvalue weighted by atomic mass is 10.2. The molecule has 0 fully saturated rings. The molecule has 0 unspecified atom stereocenters. The van der Waals surface area contributed by atoms with Crippen molar-refractivity contribution in [2.24, 2.45) is 0 Å². The van der Waals surface area contributed by atoms with E-state index in [0.29, 0.717) is 18.9 Å². The molecule has 0 radical (unpaired) electrons. The maximum atomic E-state index is 11.7. The molecule has 0 saturated heterocycles. The highest BCUT2D eigenvalue weighted by Crippen LogP contribution is 2.18. The van der Waals surface area contributed by atoms with Gasteiger partial charge in [-0.2, -0.15) is 13.2 Å². The van der Waals surface area contributed by atoms with Crippen LogP contribution < -0.4 is 5.32 Å².